The van der Waals surface area contributed by atoms with Gasteiger partial charge < -0.3 is 15.8 Å². The molecule has 0 aliphatic carbocycles. The number of benzene rings is 1. The Bertz CT molecular complexity index is 633. The summed E-state index contributed by atoms with van der Waals surface area (Å²) >= 11 is 3.38. The van der Waals surface area contributed by atoms with Gasteiger partial charge in [-0.25, -0.2) is 4.79 Å². The van der Waals surface area contributed by atoms with Gasteiger partial charge in [0.15, 0.2) is 5.69 Å². The molecular weight excluding hydrogens is 288 g/mol. The van der Waals surface area contributed by atoms with E-state index in [1.807, 2.05) is 19.1 Å². The van der Waals surface area contributed by atoms with Crippen LogP contribution in [0.15, 0.2) is 26.8 Å². The van der Waals surface area contributed by atoms with Crippen LogP contribution in [-0.4, -0.2) is 16.1 Å². The highest BCUT2D eigenvalue weighted by Gasteiger charge is 2.12. The van der Waals surface area contributed by atoms with Gasteiger partial charge in [-0.15, -0.1) is 5.11 Å². The van der Waals surface area contributed by atoms with Crippen LogP contribution < -0.4 is 5.73 Å². The minimum Gasteiger partial charge on any atom is -0.493 e. The lowest BCUT2D eigenvalue weighted by Crippen LogP contribution is -2.01. The molecule has 17 heavy (non-hydrogen) atoms. The normalized spacial score (nSPS) is 11.4. The van der Waals surface area contributed by atoms with Gasteiger partial charge in [-0.3, -0.25) is 0 Å². The van der Waals surface area contributed by atoms with Crippen molar-refractivity contribution >= 4 is 38.6 Å². The van der Waals surface area contributed by atoms with Gasteiger partial charge in [0.2, 0.25) is 5.88 Å². The number of carbonyl (C=O) groups excluding carboxylic acids is 1. The van der Waals surface area contributed by atoms with Crippen molar-refractivity contribution in [3.05, 3.63) is 22.2 Å². The Labute approximate surface area is 105 Å². The van der Waals surface area contributed by atoms with E-state index in [1.165, 1.54) is 0 Å². The van der Waals surface area contributed by atoms with E-state index in [2.05, 4.69) is 31.1 Å². The molecule has 4 N–H and O–H groups in total. The quantitative estimate of drug-likeness (QED) is 0.704. The fraction of sp³-hybridized carbons (Fsp3) is 0.100. The average Bonchev–Trinajstić information content (AvgIpc) is 2.52. The van der Waals surface area contributed by atoms with Crippen molar-refractivity contribution in [3.63, 3.8) is 0 Å². The van der Waals surface area contributed by atoms with Crippen LogP contribution in [0.2, 0.25) is 0 Å². The summed E-state index contributed by atoms with van der Waals surface area (Å²) in [5, 5.41) is 17.1. The summed E-state index contributed by atoms with van der Waals surface area (Å²) in [6, 6.07) is 2.73. The van der Waals surface area contributed by atoms with Crippen LogP contribution in [0.3, 0.4) is 0 Å². The van der Waals surface area contributed by atoms with E-state index in [9.17, 15) is 9.90 Å². The Hall–Kier alpha value is -1.89. The lowest BCUT2D eigenvalue weighted by Gasteiger charge is -1.97. The zero-order valence-electron chi connectivity index (χ0n) is 8.86. The molecule has 6 nitrogen and oxygen atoms in total. The van der Waals surface area contributed by atoms with E-state index >= 15 is 0 Å². The number of nitrogens with one attached hydrogen (secondary N) is 1. The number of fused-ring (bicyclic) bond motifs is 1. The smallest absolute Gasteiger partial charge is 0.356 e. The number of nitrogens with two attached hydrogens (primary N) is 1. The Kier molecular flexibility index (Phi) is 2.84. The minimum absolute atomic E-state index is 0.150. The van der Waals surface area contributed by atoms with Gasteiger partial charge >= 0.3 is 6.03 Å². The summed E-state index contributed by atoms with van der Waals surface area (Å²) in [5.74, 6) is -0.150. The van der Waals surface area contributed by atoms with Gasteiger partial charge in [0, 0.05) is 9.86 Å². The molecule has 2 amide bonds. The second kappa shape index (κ2) is 4.17. The van der Waals surface area contributed by atoms with Crippen molar-refractivity contribution in [1.82, 2.24) is 4.98 Å². The maximum atomic E-state index is 10.5. The standard InChI is InChI=1S/C10H9BrN4O2/c1-4-2-5-7(3-6(4)11)13-9(16)8(5)14-15-10(12)17/h2-3,13,16H,1H3,(H2,12,17). The molecule has 0 aliphatic rings. The first-order chi connectivity index (χ1) is 7.99. The van der Waals surface area contributed by atoms with Crippen LogP contribution in [-0.2, 0) is 0 Å². The van der Waals surface area contributed by atoms with Crippen LogP contribution >= 0.6 is 15.9 Å². The van der Waals surface area contributed by atoms with E-state index in [0.717, 1.165) is 10.0 Å². The van der Waals surface area contributed by atoms with Crippen LogP contribution in [0.25, 0.3) is 10.9 Å². The molecule has 0 atom stereocenters. The summed E-state index contributed by atoms with van der Waals surface area (Å²) in [6.07, 6.45) is 0. The maximum Gasteiger partial charge on any atom is 0.356 e. The third kappa shape index (κ3) is 2.14. The number of aromatic amines is 1. The van der Waals surface area contributed by atoms with Crippen molar-refractivity contribution in [2.75, 3.05) is 0 Å². The van der Waals surface area contributed by atoms with E-state index in [1.54, 1.807) is 0 Å². The first-order valence-electron chi connectivity index (χ1n) is 4.71. The largest absolute Gasteiger partial charge is 0.493 e. The number of primary amides is 1. The maximum absolute atomic E-state index is 10.5. The number of H-pyrrole nitrogens is 1. The first kappa shape index (κ1) is 11.6. The number of amides is 2. The average molecular weight is 297 g/mol. The fourth-order valence-corrected chi connectivity index (χ4v) is 1.84. The molecule has 0 spiro atoms. The van der Waals surface area contributed by atoms with Gasteiger partial charge in [0.25, 0.3) is 0 Å². The summed E-state index contributed by atoms with van der Waals surface area (Å²) in [7, 11) is 0. The molecule has 0 saturated carbocycles. The molecule has 1 aromatic heterocycles. The zero-order valence-corrected chi connectivity index (χ0v) is 10.4. The highest BCUT2D eigenvalue weighted by atomic mass is 79.9. The van der Waals surface area contributed by atoms with Crippen molar-refractivity contribution < 1.29 is 9.90 Å². The number of aryl methyl sites for hydroxylation is 1. The topological polar surface area (TPSA) is 104 Å². The van der Waals surface area contributed by atoms with E-state index in [-0.39, 0.29) is 11.6 Å². The lowest BCUT2D eigenvalue weighted by atomic mass is 10.1. The summed E-state index contributed by atoms with van der Waals surface area (Å²) in [4.78, 5) is 13.3. The Morgan fingerprint density at radius 2 is 2.24 bits per heavy atom. The number of hydrogen-bond donors (Lipinski definition) is 3. The number of carbonyl (C=O) groups is 1. The fourth-order valence-electron chi connectivity index (χ4n) is 1.50. The van der Waals surface area contributed by atoms with Crippen molar-refractivity contribution in [3.8, 4) is 5.88 Å². The van der Waals surface area contributed by atoms with Gasteiger partial charge in [0.1, 0.15) is 0 Å². The molecule has 0 saturated heterocycles. The van der Waals surface area contributed by atoms with Gasteiger partial charge in [-0.05, 0) is 24.6 Å². The minimum atomic E-state index is -0.910. The number of aromatic hydroxyl groups is 1. The molecular formula is C10H9BrN4O2. The number of halogens is 1. The van der Waals surface area contributed by atoms with E-state index in [4.69, 9.17) is 5.73 Å². The molecule has 1 heterocycles. The molecule has 1 aromatic carbocycles. The van der Waals surface area contributed by atoms with Crippen LogP contribution in [0.4, 0.5) is 10.5 Å². The Morgan fingerprint density at radius 3 is 2.88 bits per heavy atom. The third-order valence-electron chi connectivity index (χ3n) is 2.28. The molecule has 0 radical (unpaired) electrons. The molecule has 0 fully saturated rings. The van der Waals surface area contributed by atoms with Gasteiger partial charge in [-0.1, -0.05) is 21.0 Å². The highest BCUT2D eigenvalue weighted by Crippen LogP contribution is 2.37. The second-order valence-corrected chi connectivity index (χ2v) is 4.36. The van der Waals surface area contributed by atoms with Gasteiger partial charge in [0.05, 0.1) is 5.52 Å². The van der Waals surface area contributed by atoms with Crippen molar-refractivity contribution in [1.29, 1.82) is 0 Å². The summed E-state index contributed by atoms with van der Waals surface area (Å²) < 4.78 is 0.907. The lowest BCUT2D eigenvalue weighted by molar-refractivity contribution is 0.255. The Morgan fingerprint density at radius 1 is 1.53 bits per heavy atom. The van der Waals surface area contributed by atoms with Crippen LogP contribution in [0, 0.1) is 6.92 Å². The molecule has 88 valence electrons. The predicted octanol–water partition coefficient (Wildman–Crippen LogP) is 3.11. The summed E-state index contributed by atoms with van der Waals surface area (Å²) in [5.41, 5.74) is 6.73. The number of urea groups is 1. The number of hydrogen-bond acceptors (Lipinski definition) is 3. The molecule has 0 bridgehead atoms. The number of aromatic nitrogens is 1. The number of azo groups is 1. The number of nitrogens with zero attached hydrogens (tertiary/aromatic N) is 2. The van der Waals surface area contributed by atoms with Crippen LogP contribution in [0.5, 0.6) is 5.88 Å². The van der Waals surface area contributed by atoms with Crippen LogP contribution in [0.1, 0.15) is 5.56 Å². The first-order valence-corrected chi connectivity index (χ1v) is 5.50. The molecule has 7 heteroatoms. The SMILES string of the molecule is Cc1cc2c(N=NC(N)=O)c(O)[nH]c2cc1Br. The second-order valence-electron chi connectivity index (χ2n) is 3.51. The molecule has 0 aliphatic heterocycles. The van der Waals surface area contributed by atoms with Crippen molar-refractivity contribution in [2.45, 2.75) is 6.92 Å². The highest BCUT2D eigenvalue weighted by molar-refractivity contribution is 9.10. The van der Waals surface area contributed by atoms with Gasteiger partial charge in [-0.2, -0.15) is 0 Å². The van der Waals surface area contributed by atoms with E-state index in [0.29, 0.717) is 10.9 Å². The zero-order chi connectivity index (χ0) is 12.6. The Balaban J connectivity index is 2.66. The molecule has 2 aromatic rings. The third-order valence-corrected chi connectivity index (χ3v) is 3.13. The predicted molar refractivity (Wildman–Crippen MR) is 66.5 cm³/mol. The van der Waals surface area contributed by atoms with E-state index < -0.39 is 6.03 Å². The molecule has 2 rings (SSSR count). The number of rotatable bonds is 1. The summed E-state index contributed by atoms with van der Waals surface area (Å²) in [6.45, 7) is 1.91. The monoisotopic (exact) mass is 296 g/mol. The molecule has 0 unspecified atom stereocenters. The van der Waals surface area contributed by atoms with Crippen molar-refractivity contribution in [2.24, 2.45) is 16.0 Å².